The number of hydrogen-bond acceptors (Lipinski definition) is 3. The third kappa shape index (κ3) is 3.97. The largest absolute Gasteiger partial charge is 0.487 e. The zero-order chi connectivity index (χ0) is 14.5. The van der Waals surface area contributed by atoms with Crippen LogP contribution in [0, 0.1) is 0 Å². The maximum atomic E-state index is 12.0. The van der Waals surface area contributed by atoms with E-state index in [1.165, 1.54) is 0 Å². The van der Waals surface area contributed by atoms with E-state index in [0.717, 1.165) is 25.0 Å². The van der Waals surface area contributed by atoms with Crippen LogP contribution in [0.25, 0.3) is 0 Å². The molecule has 0 aromatic carbocycles. The van der Waals surface area contributed by atoms with Crippen LogP contribution in [0.15, 0.2) is 30.1 Å². The van der Waals surface area contributed by atoms with Crippen molar-refractivity contribution < 1.29 is 9.53 Å². The summed E-state index contributed by atoms with van der Waals surface area (Å²) in [5.74, 6) is 0.683. The van der Waals surface area contributed by atoms with Gasteiger partial charge in [-0.15, -0.1) is 0 Å². The highest BCUT2D eigenvalue weighted by molar-refractivity contribution is 6.31. The Balaban J connectivity index is 1.99. The first-order valence-electron chi connectivity index (χ1n) is 6.76. The average Bonchev–Trinajstić information content (AvgIpc) is 2.41. The molecule has 1 aromatic rings. The Bertz CT molecular complexity index is 512. The maximum absolute atomic E-state index is 12.0. The first-order chi connectivity index (χ1) is 9.56. The Morgan fingerprint density at radius 3 is 3.05 bits per heavy atom. The number of carbonyl (C=O) groups excluding carboxylic acids is 1. The molecule has 20 heavy (non-hydrogen) atoms. The zero-order valence-electron chi connectivity index (χ0n) is 11.8. The number of aromatic nitrogens is 1. The Hall–Kier alpha value is -1.55. The Morgan fingerprint density at radius 2 is 2.35 bits per heavy atom. The predicted octanol–water partition coefficient (Wildman–Crippen LogP) is 3.07. The molecule has 0 spiro atoms. The van der Waals surface area contributed by atoms with Crippen LogP contribution in [-0.4, -0.2) is 35.0 Å². The van der Waals surface area contributed by atoms with Gasteiger partial charge in [0.2, 0.25) is 5.91 Å². The molecule has 1 atom stereocenters. The molecule has 0 bridgehead atoms. The lowest BCUT2D eigenvalue weighted by Gasteiger charge is -2.32. The minimum absolute atomic E-state index is 0.0156. The van der Waals surface area contributed by atoms with Crippen LogP contribution in [0.2, 0.25) is 5.02 Å². The van der Waals surface area contributed by atoms with Crippen molar-refractivity contribution in [3.63, 3.8) is 0 Å². The van der Waals surface area contributed by atoms with Gasteiger partial charge in [-0.1, -0.05) is 17.2 Å². The quantitative estimate of drug-likeness (QED) is 0.805. The van der Waals surface area contributed by atoms with Crippen LogP contribution in [0.5, 0.6) is 5.75 Å². The molecule has 1 aromatic heterocycles. The van der Waals surface area contributed by atoms with Crippen molar-refractivity contribution in [1.29, 1.82) is 0 Å². The number of rotatable bonds is 3. The van der Waals surface area contributed by atoms with Gasteiger partial charge in [0, 0.05) is 31.1 Å². The lowest BCUT2D eigenvalue weighted by Crippen LogP contribution is -2.43. The summed E-state index contributed by atoms with van der Waals surface area (Å²) >= 11 is 6.03. The predicted molar refractivity (Wildman–Crippen MR) is 78.9 cm³/mol. The fourth-order valence-electron chi connectivity index (χ4n) is 2.21. The van der Waals surface area contributed by atoms with E-state index in [9.17, 15) is 4.79 Å². The smallest absolute Gasteiger partial charge is 0.246 e. The molecule has 1 saturated heterocycles. The summed E-state index contributed by atoms with van der Waals surface area (Å²) in [6, 6.07) is 1.75. The van der Waals surface area contributed by atoms with Crippen molar-refractivity contribution >= 4 is 17.5 Å². The van der Waals surface area contributed by atoms with Crippen molar-refractivity contribution in [2.24, 2.45) is 0 Å². The number of pyridine rings is 1. The number of carbonyl (C=O) groups is 1. The number of piperidine rings is 1. The van der Waals surface area contributed by atoms with E-state index in [1.807, 2.05) is 18.7 Å². The first kappa shape index (κ1) is 14.9. The zero-order valence-corrected chi connectivity index (χ0v) is 12.6. The summed E-state index contributed by atoms with van der Waals surface area (Å²) < 4.78 is 5.88. The SMILES string of the molecule is CC(C)=CC(=O)N1CCC[C@@H](Oc2ccncc2Cl)C1. The van der Waals surface area contributed by atoms with Gasteiger partial charge in [0.15, 0.2) is 0 Å². The molecule has 0 saturated carbocycles. The Labute approximate surface area is 124 Å². The Kier molecular flexibility index (Phi) is 5.01. The summed E-state index contributed by atoms with van der Waals surface area (Å²) in [6.45, 7) is 5.23. The van der Waals surface area contributed by atoms with E-state index in [-0.39, 0.29) is 12.0 Å². The van der Waals surface area contributed by atoms with Gasteiger partial charge in [-0.3, -0.25) is 9.78 Å². The highest BCUT2D eigenvalue weighted by Crippen LogP contribution is 2.25. The fourth-order valence-corrected chi connectivity index (χ4v) is 2.37. The standard InChI is InChI=1S/C15H19ClN2O2/c1-11(2)8-15(19)18-7-3-4-12(10-18)20-14-5-6-17-9-13(14)16/h5-6,8-9,12H,3-4,7,10H2,1-2H3/t12-/m1/s1. The van der Waals surface area contributed by atoms with Gasteiger partial charge in [0.05, 0.1) is 6.54 Å². The van der Waals surface area contributed by atoms with Gasteiger partial charge >= 0.3 is 0 Å². The molecule has 2 rings (SSSR count). The molecular weight excluding hydrogens is 276 g/mol. The molecule has 1 aliphatic heterocycles. The second-order valence-corrected chi connectivity index (χ2v) is 5.60. The highest BCUT2D eigenvalue weighted by Gasteiger charge is 2.24. The number of halogens is 1. The molecule has 1 aliphatic rings. The van der Waals surface area contributed by atoms with E-state index in [2.05, 4.69) is 4.98 Å². The monoisotopic (exact) mass is 294 g/mol. The van der Waals surface area contributed by atoms with Gasteiger partial charge in [0.25, 0.3) is 0 Å². The summed E-state index contributed by atoms with van der Waals surface area (Å²) in [5, 5.41) is 0.500. The Morgan fingerprint density at radius 1 is 1.55 bits per heavy atom. The van der Waals surface area contributed by atoms with Crippen molar-refractivity contribution in [3.8, 4) is 5.75 Å². The van der Waals surface area contributed by atoms with Crippen LogP contribution in [-0.2, 0) is 4.79 Å². The first-order valence-corrected chi connectivity index (χ1v) is 7.14. The van der Waals surface area contributed by atoms with Gasteiger partial charge in [-0.2, -0.15) is 0 Å². The number of amides is 1. The third-order valence-corrected chi connectivity index (χ3v) is 3.41. The van der Waals surface area contributed by atoms with Gasteiger partial charge in [-0.25, -0.2) is 0 Å². The summed E-state index contributed by atoms with van der Waals surface area (Å²) in [5.41, 5.74) is 1.01. The van der Waals surface area contributed by atoms with E-state index in [4.69, 9.17) is 16.3 Å². The lowest BCUT2D eigenvalue weighted by atomic mass is 10.1. The second-order valence-electron chi connectivity index (χ2n) is 5.19. The molecule has 0 N–H and O–H groups in total. The van der Waals surface area contributed by atoms with Crippen molar-refractivity contribution in [3.05, 3.63) is 35.1 Å². The molecule has 108 valence electrons. The van der Waals surface area contributed by atoms with Crippen LogP contribution < -0.4 is 4.74 Å². The van der Waals surface area contributed by atoms with Crippen molar-refractivity contribution in [2.45, 2.75) is 32.8 Å². The molecular formula is C15H19ClN2O2. The van der Waals surface area contributed by atoms with Crippen molar-refractivity contribution in [2.75, 3.05) is 13.1 Å². The lowest BCUT2D eigenvalue weighted by molar-refractivity contribution is -0.128. The van der Waals surface area contributed by atoms with E-state index in [1.54, 1.807) is 24.5 Å². The number of likely N-dealkylation sites (tertiary alicyclic amines) is 1. The van der Waals surface area contributed by atoms with Crippen LogP contribution in [0.3, 0.4) is 0 Å². The molecule has 0 unspecified atom stereocenters. The number of nitrogens with zero attached hydrogens (tertiary/aromatic N) is 2. The molecule has 1 fully saturated rings. The van der Waals surface area contributed by atoms with E-state index < -0.39 is 0 Å². The van der Waals surface area contributed by atoms with Gasteiger partial charge < -0.3 is 9.64 Å². The van der Waals surface area contributed by atoms with Gasteiger partial charge in [0.1, 0.15) is 16.9 Å². The molecule has 5 heteroatoms. The minimum Gasteiger partial charge on any atom is -0.487 e. The minimum atomic E-state index is -0.0156. The molecule has 0 aliphatic carbocycles. The van der Waals surface area contributed by atoms with Crippen LogP contribution >= 0.6 is 11.6 Å². The average molecular weight is 295 g/mol. The van der Waals surface area contributed by atoms with Crippen molar-refractivity contribution in [1.82, 2.24) is 9.88 Å². The molecule has 4 nitrogen and oxygen atoms in total. The molecule has 2 heterocycles. The molecule has 1 amide bonds. The normalized spacial score (nSPS) is 18.6. The third-order valence-electron chi connectivity index (χ3n) is 3.13. The number of allylic oxidation sites excluding steroid dienone is 1. The van der Waals surface area contributed by atoms with Crippen LogP contribution in [0.1, 0.15) is 26.7 Å². The number of hydrogen-bond donors (Lipinski definition) is 0. The highest BCUT2D eigenvalue weighted by atomic mass is 35.5. The van der Waals surface area contributed by atoms with Gasteiger partial charge in [-0.05, 0) is 26.7 Å². The molecule has 0 radical (unpaired) electrons. The fraction of sp³-hybridized carbons (Fsp3) is 0.467. The summed E-state index contributed by atoms with van der Waals surface area (Å²) in [6.07, 6.45) is 6.73. The maximum Gasteiger partial charge on any atom is 0.246 e. The van der Waals surface area contributed by atoms with Crippen LogP contribution in [0.4, 0.5) is 0 Å². The second kappa shape index (κ2) is 6.75. The number of ether oxygens (including phenoxy) is 1. The summed E-state index contributed by atoms with van der Waals surface area (Å²) in [4.78, 5) is 17.8. The van der Waals surface area contributed by atoms with E-state index in [0.29, 0.717) is 17.3 Å². The topological polar surface area (TPSA) is 42.4 Å². The van der Waals surface area contributed by atoms with E-state index >= 15 is 0 Å². The summed E-state index contributed by atoms with van der Waals surface area (Å²) in [7, 11) is 0.